The Kier molecular flexibility index (Phi) is 11.4. The Hall–Kier alpha value is -4.34. The van der Waals surface area contributed by atoms with Crippen molar-refractivity contribution in [2.24, 2.45) is 5.41 Å². The fourth-order valence-corrected chi connectivity index (χ4v) is 6.24. The Labute approximate surface area is 289 Å². The Morgan fingerprint density at radius 2 is 1.63 bits per heavy atom. The van der Waals surface area contributed by atoms with Crippen molar-refractivity contribution in [1.29, 1.82) is 0 Å². The van der Waals surface area contributed by atoms with Gasteiger partial charge >= 0.3 is 5.97 Å². The van der Waals surface area contributed by atoms with Gasteiger partial charge in [0, 0.05) is 61.8 Å². The van der Waals surface area contributed by atoms with Gasteiger partial charge in [0.25, 0.3) is 0 Å². The molecule has 1 aliphatic rings. The van der Waals surface area contributed by atoms with Crippen LogP contribution in [0.1, 0.15) is 81.6 Å². The van der Waals surface area contributed by atoms with Crippen molar-refractivity contribution >= 4 is 11.7 Å². The van der Waals surface area contributed by atoms with Gasteiger partial charge in [0.15, 0.2) is 6.10 Å². The summed E-state index contributed by atoms with van der Waals surface area (Å²) in [5.74, 6) is -0.588. The molecular weight excluding hydrogens is 619 g/mol. The molecule has 0 saturated carbocycles. The van der Waals surface area contributed by atoms with Gasteiger partial charge in [-0.1, -0.05) is 38.1 Å². The van der Waals surface area contributed by atoms with Crippen molar-refractivity contribution in [1.82, 2.24) is 15.3 Å². The molecule has 0 bridgehead atoms. The fraction of sp³-hybridized carbons (Fsp3) is 0.425. The molecular formula is C40H49FN4O4. The second-order valence-corrected chi connectivity index (χ2v) is 14.6. The zero-order chi connectivity index (χ0) is 35.2. The van der Waals surface area contributed by atoms with E-state index in [1.54, 1.807) is 24.5 Å². The maximum Gasteiger partial charge on any atom is 0.337 e. The van der Waals surface area contributed by atoms with Crippen molar-refractivity contribution in [3.05, 3.63) is 107 Å². The van der Waals surface area contributed by atoms with Crippen molar-refractivity contribution in [3.63, 3.8) is 0 Å². The number of carboxylic acid groups (broad SMARTS) is 1. The Morgan fingerprint density at radius 1 is 0.980 bits per heavy atom. The second-order valence-electron chi connectivity index (χ2n) is 14.6. The van der Waals surface area contributed by atoms with E-state index in [1.165, 1.54) is 12.1 Å². The number of nitrogens with one attached hydrogen (secondary N) is 1. The third kappa shape index (κ3) is 9.64. The number of pyridine rings is 2. The van der Waals surface area contributed by atoms with E-state index >= 15 is 0 Å². The van der Waals surface area contributed by atoms with Crippen molar-refractivity contribution in [2.45, 2.75) is 85.6 Å². The van der Waals surface area contributed by atoms with Gasteiger partial charge in [0.1, 0.15) is 11.6 Å². The molecule has 4 aromatic rings. The molecule has 1 saturated heterocycles. The predicted molar refractivity (Wildman–Crippen MR) is 191 cm³/mol. The predicted octanol–water partition coefficient (Wildman–Crippen LogP) is 8.07. The Balaban J connectivity index is 1.57. The van der Waals surface area contributed by atoms with Crippen LogP contribution >= 0.6 is 0 Å². The fourth-order valence-electron chi connectivity index (χ4n) is 6.24. The van der Waals surface area contributed by atoms with Crippen LogP contribution in [0.3, 0.4) is 0 Å². The van der Waals surface area contributed by atoms with Gasteiger partial charge in [0.05, 0.1) is 23.6 Å². The quantitative estimate of drug-likeness (QED) is 0.148. The van der Waals surface area contributed by atoms with Crippen LogP contribution in [0.15, 0.2) is 73.1 Å². The van der Waals surface area contributed by atoms with Crippen LogP contribution in [0, 0.1) is 18.2 Å². The molecule has 2 aromatic carbocycles. The lowest BCUT2D eigenvalue weighted by molar-refractivity contribution is -0.160. The number of ether oxygens (including phenoxy) is 2. The van der Waals surface area contributed by atoms with Crippen LogP contribution in [-0.4, -0.2) is 46.3 Å². The smallest absolute Gasteiger partial charge is 0.337 e. The van der Waals surface area contributed by atoms with Crippen molar-refractivity contribution in [2.75, 3.05) is 24.6 Å². The molecule has 0 aliphatic carbocycles. The number of aromatic nitrogens is 2. The number of anilines is 1. The summed E-state index contributed by atoms with van der Waals surface area (Å²) in [5.41, 5.74) is 6.34. The molecule has 0 spiro atoms. The highest BCUT2D eigenvalue weighted by atomic mass is 19.1. The number of aryl methyl sites for hydroxylation is 1. The van der Waals surface area contributed by atoms with Crippen LogP contribution < -0.4 is 15.0 Å². The standard InChI is InChI=1S/C40H49FN4O4/c1-27-34(37(38(46)47)49-39(2,3)4)36(45-22-18-40(5,6)19-23-45)35(33(44-27)26-43-25-29-15-20-42-21-16-29)30-9-13-32(14-10-30)48-24-17-28-7-11-31(41)12-8-28/h7-16,20-21,37,43H,17-19,22-26H2,1-6H3,(H,46,47). The first-order chi connectivity index (χ1) is 23.3. The minimum atomic E-state index is -1.20. The zero-order valence-electron chi connectivity index (χ0n) is 29.6. The lowest BCUT2D eigenvalue weighted by Crippen LogP contribution is -2.39. The van der Waals surface area contributed by atoms with Gasteiger partial charge < -0.3 is 24.8 Å². The first-order valence-corrected chi connectivity index (χ1v) is 17.1. The minimum absolute atomic E-state index is 0.189. The molecule has 260 valence electrons. The number of aliphatic carboxylic acids is 1. The number of nitrogens with zero attached hydrogens (tertiary/aromatic N) is 3. The highest BCUT2D eigenvalue weighted by Crippen LogP contribution is 2.45. The molecule has 2 N–H and O–H groups in total. The van der Waals surface area contributed by atoms with Crippen LogP contribution in [-0.2, 0) is 29.0 Å². The molecule has 0 amide bonds. The maximum atomic E-state index is 13.3. The lowest BCUT2D eigenvalue weighted by atomic mass is 9.81. The topological polar surface area (TPSA) is 96.8 Å². The minimum Gasteiger partial charge on any atom is -0.493 e. The number of hydrogen-bond acceptors (Lipinski definition) is 7. The summed E-state index contributed by atoms with van der Waals surface area (Å²) in [6.45, 7) is 15.2. The number of halogens is 1. The van der Waals surface area contributed by atoms with E-state index in [2.05, 4.69) is 29.0 Å². The molecule has 1 fully saturated rings. The molecule has 2 aromatic heterocycles. The summed E-state index contributed by atoms with van der Waals surface area (Å²) < 4.78 is 25.7. The average molecular weight is 669 g/mol. The van der Waals surface area contributed by atoms with Gasteiger partial charge in [0.2, 0.25) is 0 Å². The van der Waals surface area contributed by atoms with Crippen molar-refractivity contribution < 1.29 is 23.8 Å². The number of carbonyl (C=O) groups is 1. The summed E-state index contributed by atoms with van der Waals surface area (Å²) in [6.07, 6.45) is 4.95. The molecule has 5 rings (SSSR count). The first kappa shape index (κ1) is 36.0. The van der Waals surface area contributed by atoms with Crippen LogP contribution in [0.4, 0.5) is 10.1 Å². The van der Waals surface area contributed by atoms with Gasteiger partial charge in [-0.3, -0.25) is 9.97 Å². The summed E-state index contributed by atoms with van der Waals surface area (Å²) >= 11 is 0. The molecule has 8 nitrogen and oxygen atoms in total. The van der Waals surface area contributed by atoms with E-state index in [9.17, 15) is 14.3 Å². The third-order valence-electron chi connectivity index (χ3n) is 8.95. The number of rotatable bonds is 13. The van der Waals surface area contributed by atoms with E-state index < -0.39 is 17.7 Å². The lowest BCUT2D eigenvalue weighted by Gasteiger charge is -2.41. The summed E-state index contributed by atoms with van der Waals surface area (Å²) in [6, 6.07) is 18.3. The molecule has 0 radical (unpaired) electrons. The average Bonchev–Trinajstić information content (AvgIpc) is 3.05. The SMILES string of the molecule is Cc1nc(CNCc2ccncc2)c(-c2ccc(OCCc3ccc(F)cc3)cc2)c(N2CCC(C)(C)CC2)c1C(OC(C)(C)C)C(=O)O. The van der Waals surface area contributed by atoms with E-state index in [0.29, 0.717) is 43.1 Å². The van der Waals surface area contributed by atoms with Gasteiger partial charge in [-0.05, 0) is 99.0 Å². The summed E-state index contributed by atoms with van der Waals surface area (Å²) in [5, 5.41) is 14.2. The first-order valence-electron chi connectivity index (χ1n) is 17.1. The maximum absolute atomic E-state index is 13.3. The van der Waals surface area contributed by atoms with Gasteiger partial charge in [-0.15, -0.1) is 0 Å². The van der Waals surface area contributed by atoms with Gasteiger partial charge in [-0.2, -0.15) is 0 Å². The molecule has 9 heteroatoms. The highest BCUT2D eigenvalue weighted by molar-refractivity contribution is 5.88. The largest absolute Gasteiger partial charge is 0.493 e. The van der Waals surface area contributed by atoms with E-state index in [0.717, 1.165) is 59.6 Å². The highest BCUT2D eigenvalue weighted by Gasteiger charge is 2.37. The van der Waals surface area contributed by atoms with E-state index in [4.69, 9.17) is 14.5 Å². The monoisotopic (exact) mass is 668 g/mol. The summed E-state index contributed by atoms with van der Waals surface area (Å²) in [7, 11) is 0. The second kappa shape index (κ2) is 15.5. The van der Waals surface area contributed by atoms with E-state index in [1.807, 2.05) is 64.1 Å². The van der Waals surface area contributed by atoms with Crippen molar-refractivity contribution in [3.8, 4) is 16.9 Å². The van der Waals surface area contributed by atoms with Crippen LogP contribution in [0.5, 0.6) is 5.75 Å². The third-order valence-corrected chi connectivity index (χ3v) is 8.95. The normalized spacial score (nSPS) is 15.2. The Morgan fingerprint density at radius 3 is 2.24 bits per heavy atom. The molecule has 3 heterocycles. The molecule has 1 atom stereocenters. The summed E-state index contributed by atoms with van der Waals surface area (Å²) in [4.78, 5) is 24.5. The Bertz CT molecular complexity index is 1690. The van der Waals surface area contributed by atoms with E-state index in [-0.39, 0.29) is 11.2 Å². The van der Waals surface area contributed by atoms with Crippen LogP contribution in [0.2, 0.25) is 0 Å². The molecule has 49 heavy (non-hydrogen) atoms. The number of piperidine rings is 1. The molecule has 1 unspecified atom stereocenters. The van der Waals surface area contributed by atoms with Crippen LogP contribution in [0.25, 0.3) is 11.1 Å². The molecule has 1 aliphatic heterocycles. The number of hydrogen-bond donors (Lipinski definition) is 2. The number of benzene rings is 2. The zero-order valence-corrected chi connectivity index (χ0v) is 29.6. The van der Waals surface area contributed by atoms with Gasteiger partial charge in [-0.25, -0.2) is 9.18 Å². The number of carboxylic acids is 1.